The summed E-state index contributed by atoms with van der Waals surface area (Å²) in [6.07, 6.45) is 1.87. The lowest BCUT2D eigenvalue weighted by Gasteiger charge is -2.04. The lowest BCUT2D eigenvalue weighted by Crippen LogP contribution is -1.96. The fourth-order valence-corrected chi connectivity index (χ4v) is 2.24. The summed E-state index contributed by atoms with van der Waals surface area (Å²) in [5, 5.41) is 4.99. The number of halogens is 3. The molecule has 0 bridgehead atoms. The van der Waals surface area contributed by atoms with Crippen LogP contribution in [0, 0.1) is 0 Å². The van der Waals surface area contributed by atoms with Crippen LogP contribution < -0.4 is 0 Å². The molecule has 1 aromatic carbocycles. The number of hydrogen-bond acceptors (Lipinski definition) is 1. The van der Waals surface area contributed by atoms with E-state index in [0.29, 0.717) is 10.9 Å². The van der Waals surface area contributed by atoms with Gasteiger partial charge in [0.1, 0.15) is 0 Å². The monoisotopic (exact) mass is 304 g/mol. The Morgan fingerprint density at radius 3 is 2.73 bits per heavy atom. The summed E-state index contributed by atoms with van der Waals surface area (Å²) in [5.74, 6) is 0.415. The lowest BCUT2D eigenvalue weighted by molar-refractivity contribution is 0.855. The molecule has 0 aliphatic heterocycles. The molecule has 5 heteroatoms. The van der Waals surface area contributed by atoms with Crippen LogP contribution in [0.15, 0.2) is 34.9 Å². The van der Waals surface area contributed by atoms with Crippen molar-refractivity contribution < 1.29 is 0 Å². The number of aromatic nitrogens is 2. The second kappa shape index (κ2) is 4.56. The van der Waals surface area contributed by atoms with Crippen LogP contribution in [0.1, 0.15) is 5.69 Å². The molecule has 0 atom stereocenters. The number of alkyl halides is 1. The van der Waals surface area contributed by atoms with Crippen molar-refractivity contribution in [3.8, 4) is 5.69 Å². The van der Waals surface area contributed by atoms with E-state index in [2.05, 4.69) is 21.0 Å². The maximum Gasteiger partial charge on any atom is 0.0788 e. The fourth-order valence-electron chi connectivity index (χ4n) is 1.23. The molecule has 2 aromatic rings. The highest BCUT2D eigenvalue weighted by Gasteiger charge is 2.04. The van der Waals surface area contributed by atoms with Crippen LogP contribution in [0.5, 0.6) is 0 Å². The Balaban J connectivity index is 2.44. The Kier molecular flexibility index (Phi) is 3.34. The first-order valence-electron chi connectivity index (χ1n) is 4.26. The van der Waals surface area contributed by atoms with Gasteiger partial charge in [0.25, 0.3) is 0 Å². The Hall–Kier alpha value is -0.510. The normalized spacial score (nSPS) is 10.6. The summed E-state index contributed by atoms with van der Waals surface area (Å²) < 4.78 is 2.66. The van der Waals surface area contributed by atoms with Gasteiger partial charge in [-0.05, 0) is 40.2 Å². The van der Waals surface area contributed by atoms with Gasteiger partial charge in [-0.15, -0.1) is 11.6 Å². The zero-order valence-corrected chi connectivity index (χ0v) is 10.7. The third-order valence-electron chi connectivity index (χ3n) is 1.94. The van der Waals surface area contributed by atoms with Gasteiger partial charge in [0, 0.05) is 15.7 Å². The molecule has 1 aromatic heterocycles. The van der Waals surface area contributed by atoms with Gasteiger partial charge in [-0.2, -0.15) is 5.10 Å². The summed E-state index contributed by atoms with van der Waals surface area (Å²) in [6, 6.07) is 7.44. The minimum absolute atomic E-state index is 0.415. The molecule has 0 saturated carbocycles. The van der Waals surface area contributed by atoms with Crippen LogP contribution in [0.2, 0.25) is 5.02 Å². The lowest BCUT2D eigenvalue weighted by atomic mass is 10.3. The molecule has 0 fully saturated rings. The van der Waals surface area contributed by atoms with Gasteiger partial charge in [-0.3, -0.25) is 0 Å². The Morgan fingerprint density at radius 2 is 2.13 bits per heavy atom. The average molecular weight is 306 g/mol. The molecule has 15 heavy (non-hydrogen) atoms. The topological polar surface area (TPSA) is 17.8 Å². The van der Waals surface area contributed by atoms with E-state index >= 15 is 0 Å². The molecule has 0 unspecified atom stereocenters. The smallest absolute Gasteiger partial charge is 0.0788 e. The summed E-state index contributed by atoms with van der Waals surface area (Å²) in [7, 11) is 0. The first-order valence-corrected chi connectivity index (χ1v) is 5.97. The van der Waals surface area contributed by atoms with Crippen molar-refractivity contribution in [2.24, 2.45) is 0 Å². The van der Waals surface area contributed by atoms with Gasteiger partial charge in [-0.25, -0.2) is 4.68 Å². The zero-order chi connectivity index (χ0) is 10.8. The average Bonchev–Trinajstić information content (AvgIpc) is 2.66. The molecule has 0 N–H and O–H groups in total. The van der Waals surface area contributed by atoms with Crippen LogP contribution >= 0.6 is 39.1 Å². The van der Waals surface area contributed by atoms with Crippen molar-refractivity contribution in [1.82, 2.24) is 9.78 Å². The SMILES string of the molecule is ClCc1ccn(-c2ccc(Cl)cc2Br)n1. The number of benzene rings is 1. The van der Waals surface area contributed by atoms with Gasteiger partial charge in [0.15, 0.2) is 0 Å². The highest BCUT2D eigenvalue weighted by molar-refractivity contribution is 9.10. The van der Waals surface area contributed by atoms with E-state index in [1.807, 2.05) is 30.5 Å². The van der Waals surface area contributed by atoms with E-state index in [1.165, 1.54) is 0 Å². The van der Waals surface area contributed by atoms with E-state index < -0.39 is 0 Å². The van der Waals surface area contributed by atoms with E-state index in [4.69, 9.17) is 23.2 Å². The highest BCUT2D eigenvalue weighted by Crippen LogP contribution is 2.24. The summed E-state index contributed by atoms with van der Waals surface area (Å²) >= 11 is 15.0. The van der Waals surface area contributed by atoms with Crippen molar-refractivity contribution in [3.63, 3.8) is 0 Å². The Morgan fingerprint density at radius 1 is 1.33 bits per heavy atom. The fraction of sp³-hybridized carbons (Fsp3) is 0.100. The summed E-state index contributed by atoms with van der Waals surface area (Å²) in [4.78, 5) is 0. The highest BCUT2D eigenvalue weighted by atomic mass is 79.9. The van der Waals surface area contributed by atoms with Gasteiger partial charge in [-0.1, -0.05) is 11.6 Å². The molecular formula is C10H7BrCl2N2. The van der Waals surface area contributed by atoms with Crippen molar-refractivity contribution in [1.29, 1.82) is 0 Å². The molecule has 78 valence electrons. The number of nitrogens with zero attached hydrogens (tertiary/aromatic N) is 2. The van der Waals surface area contributed by atoms with Gasteiger partial charge < -0.3 is 0 Å². The van der Waals surface area contributed by atoms with Crippen molar-refractivity contribution >= 4 is 39.1 Å². The molecule has 0 saturated heterocycles. The molecule has 2 nitrogen and oxygen atoms in total. The first-order chi connectivity index (χ1) is 7.20. The third-order valence-corrected chi connectivity index (χ3v) is 3.08. The molecule has 0 aliphatic rings. The maximum atomic E-state index is 5.86. The molecule has 0 aliphatic carbocycles. The first kappa shape index (κ1) is 11.0. The predicted molar refractivity (Wildman–Crippen MR) is 65.8 cm³/mol. The summed E-state index contributed by atoms with van der Waals surface area (Å²) in [5.41, 5.74) is 1.79. The number of hydrogen-bond donors (Lipinski definition) is 0. The van der Waals surface area contributed by atoms with Gasteiger partial charge in [0.2, 0.25) is 0 Å². The zero-order valence-electron chi connectivity index (χ0n) is 7.62. The Bertz CT molecular complexity index is 482. The standard InChI is InChI=1S/C10H7BrCl2N2/c11-9-5-7(13)1-2-10(9)15-4-3-8(6-12)14-15/h1-5H,6H2. The number of rotatable bonds is 2. The summed E-state index contributed by atoms with van der Waals surface area (Å²) in [6.45, 7) is 0. The minimum atomic E-state index is 0.415. The largest absolute Gasteiger partial charge is 0.240 e. The van der Waals surface area contributed by atoms with Gasteiger partial charge in [0.05, 0.1) is 17.3 Å². The second-order valence-corrected chi connectivity index (χ2v) is 4.54. The van der Waals surface area contributed by atoms with Crippen LogP contribution in [-0.4, -0.2) is 9.78 Å². The van der Waals surface area contributed by atoms with Crippen molar-refractivity contribution in [3.05, 3.63) is 45.7 Å². The van der Waals surface area contributed by atoms with E-state index in [-0.39, 0.29) is 0 Å². The van der Waals surface area contributed by atoms with Crippen LogP contribution in [0.25, 0.3) is 5.69 Å². The molecule has 2 rings (SSSR count). The van der Waals surface area contributed by atoms with E-state index in [9.17, 15) is 0 Å². The van der Waals surface area contributed by atoms with Crippen LogP contribution in [0.4, 0.5) is 0 Å². The van der Waals surface area contributed by atoms with Gasteiger partial charge >= 0.3 is 0 Å². The predicted octanol–water partition coefficient (Wildman–Crippen LogP) is 4.03. The van der Waals surface area contributed by atoms with E-state index in [1.54, 1.807) is 4.68 Å². The minimum Gasteiger partial charge on any atom is -0.240 e. The molecule has 1 heterocycles. The second-order valence-electron chi connectivity index (χ2n) is 2.98. The molecule has 0 spiro atoms. The molecular weight excluding hydrogens is 299 g/mol. The maximum absolute atomic E-state index is 5.86. The van der Waals surface area contributed by atoms with Crippen molar-refractivity contribution in [2.75, 3.05) is 0 Å². The molecule has 0 amide bonds. The van der Waals surface area contributed by atoms with Crippen molar-refractivity contribution in [2.45, 2.75) is 5.88 Å². The quantitative estimate of drug-likeness (QED) is 0.766. The van der Waals surface area contributed by atoms with Crippen LogP contribution in [-0.2, 0) is 5.88 Å². The van der Waals surface area contributed by atoms with Crippen LogP contribution in [0.3, 0.4) is 0 Å². The third kappa shape index (κ3) is 2.36. The molecule has 0 radical (unpaired) electrons. The van der Waals surface area contributed by atoms with E-state index in [0.717, 1.165) is 15.9 Å². The Labute approximate surface area is 106 Å².